The number of carbonyl (C=O) groups excluding carboxylic acids is 1. The summed E-state index contributed by atoms with van der Waals surface area (Å²) in [5, 5.41) is 9.09. The number of hydrogen-bond acceptors (Lipinski definition) is 5. The van der Waals surface area contributed by atoms with Crippen LogP contribution >= 0.6 is 0 Å². The lowest BCUT2D eigenvalue weighted by molar-refractivity contribution is -0.0978. The van der Waals surface area contributed by atoms with E-state index in [0.29, 0.717) is 32.1 Å². The molecule has 2 heterocycles. The fourth-order valence-corrected chi connectivity index (χ4v) is 3.02. The summed E-state index contributed by atoms with van der Waals surface area (Å²) < 4.78 is 16.1. The first-order valence-electron chi connectivity index (χ1n) is 8.98. The van der Waals surface area contributed by atoms with E-state index in [2.05, 4.69) is 41.7 Å². The number of aromatic nitrogens is 1. The summed E-state index contributed by atoms with van der Waals surface area (Å²) >= 11 is 0. The van der Waals surface area contributed by atoms with Gasteiger partial charge in [-0.3, -0.25) is 4.79 Å². The molecule has 1 amide bonds. The van der Waals surface area contributed by atoms with Crippen LogP contribution in [0.1, 0.15) is 28.7 Å². The smallest absolute Gasteiger partial charge is 0.273 e. The Morgan fingerprint density at radius 1 is 1.15 bits per heavy atom. The second-order valence-corrected chi connectivity index (χ2v) is 7.34. The van der Waals surface area contributed by atoms with Crippen molar-refractivity contribution in [3.63, 3.8) is 0 Å². The van der Waals surface area contributed by atoms with E-state index in [1.165, 1.54) is 10.8 Å². The summed E-state index contributed by atoms with van der Waals surface area (Å²) in [7, 11) is 0. The van der Waals surface area contributed by atoms with Gasteiger partial charge in [0, 0.05) is 18.0 Å². The maximum Gasteiger partial charge on any atom is 0.273 e. The third kappa shape index (κ3) is 4.18. The quantitative estimate of drug-likeness (QED) is 0.694. The van der Waals surface area contributed by atoms with E-state index in [4.69, 9.17) is 14.0 Å². The van der Waals surface area contributed by atoms with E-state index >= 15 is 0 Å². The minimum Gasteiger partial charge on any atom is -0.380 e. The first-order chi connectivity index (χ1) is 13.1. The van der Waals surface area contributed by atoms with E-state index in [-0.39, 0.29) is 23.6 Å². The van der Waals surface area contributed by atoms with Crippen molar-refractivity contribution in [1.29, 1.82) is 0 Å². The van der Waals surface area contributed by atoms with Gasteiger partial charge in [-0.05, 0) is 22.4 Å². The topological polar surface area (TPSA) is 73.6 Å². The Bertz CT molecular complexity index is 946. The normalized spacial score (nSPS) is 15.4. The van der Waals surface area contributed by atoms with Crippen molar-refractivity contribution in [2.75, 3.05) is 19.8 Å². The van der Waals surface area contributed by atoms with Crippen LogP contribution in [-0.2, 0) is 22.7 Å². The van der Waals surface area contributed by atoms with Crippen molar-refractivity contribution >= 4 is 16.7 Å². The number of amides is 1. The summed E-state index contributed by atoms with van der Waals surface area (Å²) in [6.07, 6.45) is 0. The predicted molar refractivity (Wildman–Crippen MR) is 100 cm³/mol. The van der Waals surface area contributed by atoms with Gasteiger partial charge in [-0.25, -0.2) is 0 Å². The van der Waals surface area contributed by atoms with Gasteiger partial charge >= 0.3 is 0 Å². The number of nitrogens with zero attached hydrogens (tertiary/aromatic N) is 1. The number of rotatable bonds is 7. The number of carbonyl (C=O) groups is 1. The summed E-state index contributed by atoms with van der Waals surface area (Å²) in [4.78, 5) is 12.1. The Hall–Kier alpha value is -2.70. The highest BCUT2D eigenvalue weighted by molar-refractivity contribution is 5.92. The Labute approximate surface area is 157 Å². The van der Waals surface area contributed by atoms with Crippen LogP contribution in [0, 0.1) is 5.41 Å². The molecule has 0 unspecified atom stereocenters. The molecule has 1 N–H and O–H groups in total. The number of benzene rings is 2. The number of hydrogen-bond donors (Lipinski definition) is 1. The van der Waals surface area contributed by atoms with Gasteiger partial charge in [0.2, 0.25) is 0 Å². The molecule has 0 spiro atoms. The highest BCUT2D eigenvalue weighted by atomic mass is 16.5. The molecule has 0 aliphatic carbocycles. The Morgan fingerprint density at radius 3 is 2.74 bits per heavy atom. The molecule has 1 aliphatic heterocycles. The van der Waals surface area contributed by atoms with Gasteiger partial charge in [-0.15, -0.1) is 0 Å². The maximum atomic E-state index is 12.1. The molecule has 1 fully saturated rings. The molecule has 0 atom stereocenters. The van der Waals surface area contributed by atoms with Crippen molar-refractivity contribution < 1.29 is 18.8 Å². The largest absolute Gasteiger partial charge is 0.380 e. The highest BCUT2D eigenvalue weighted by Crippen LogP contribution is 2.25. The molecule has 1 aromatic heterocycles. The molecule has 0 radical (unpaired) electrons. The van der Waals surface area contributed by atoms with Crippen molar-refractivity contribution in [1.82, 2.24) is 10.5 Å². The average Bonchev–Trinajstić information content (AvgIpc) is 3.13. The summed E-state index contributed by atoms with van der Waals surface area (Å²) in [6.45, 7) is 4.70. The molecule has 3 aromatic rings. The van der Waals surface area contributed by atoms with Crippen LogP contribution in [0.15, 0.2) is 53.1 Å². The molecule has 6 heteroatoms. The van der Waals surface area contributed by atoms with Crippen LogP contribution in [0.2, 0.25) is 0 Å². The summed E-state index contributed by atoms with van der Waals surface area (Å²) in [5.41, 5.74) is 1.37. The number of fused-ring (bicyclic) bond motifs is 1. The fourth-order valence-electron chi connectivity index (χ4n) is 3.02. The molecular formula is C21H22N2O4. The lowest BCUT2D eigenvalue weighted by atomic mass is 9.89. The SMILES string of the molecule is CC1(CNC(=O)c2cc(COCc3ccc4ccccc4c3)on2)COC1. The van der Waals surface area contributed by atoms with Crippen LogP contribution in [0.3, 0.4) is 0 Å². The van der Waals surface area contributed by atoms with Gasteiger partial charge in [0.1, 0.15) is 6.61 Å². The van der Waals surface area contributed by atoms with Gasteiger partial charge in [0.25, 0.3) is 5.91 Å². The lowest BCUT2D eigenvalue weighted by Gasteiger charge is -2.37. The first-order valence-corrected chi connectivity index (χ1v) is 8.98. The molecule has 0 saturated carbocycles. The molecule has 0 bridgehead atoms. The summed E-state index contributed by atoms with van der Waals surface area (Å²) in [5.74, 6) is 0.284. The van der Waals surface area contributed by atoms with E-state index in [9.17, 15) is 4.79 Å². The zero-order valence-electron chi connectivity index (χ0n) is 15.2. The van der Waals surface area contributed by atoms with Crippen LogP contribution < -0.4 is 5.32 Å². The first kappa shape index (κ1) is 17.7. The van der Waals surface area contributed by atoms with Gasteiger partial charge < -0.3 is 19.3 Å². The standard InChI is InChI=1S/C21H22N2O4/c1-21(13-26-14-21)12-22-20(24)19-9-18(27-23-19)11-25-10-15-6-7-16-4-2-3-5-17(16)8-15/h2-9H,10-14H2,1H3,(H,22,24). The zero-order chi connectivity index (χ0) is 18.7. The van der Waals surface area contributed by atoms with Crippen LogP contribution in [0.25, 0.3) is 10.8 Å². The third-order valence-electron chi connectivity index (χ3n) is 4.70. The van der Waals surface area contributed by atoms with Crippen LogP contribution in [0.5, 0.6) is 0 Å². The maximum absolute atomic E-state index is 12.1. The van der Waals surface area contributed by atoms with E-state index in [1.807, 2.05) is 18.2 Å². The average molecular weight is 366 g/mol. The monoisotopic (exact) mass is 366 g/mol. The molecule has 6 nitrogen and oxygen atoms in total. The van der Waals surface area contributed by atoms with Gasteiger partial charge in [0.15, 0.2) is 11.5 Å². The molecular weight excluding hydrogens is 344 g/mol. The third-order valence-corrected chi connectivity index (χ3v) is 4.70. The molecule has 1 saturated heterocycles. The molecule has 140 valence electrons. The van der Waals surface area contributed by atoms with Gasteiger partial charge in [0.05, 0.1) is 19.8 Å². The molecule has 1 aliphatic rings. The van der Waals surface area contributed by atoms with E-state index < -0.39 is 0 Å². The van der Waals surface area contributed by atoms with Gasteiger partial charge in [-0.1, -0.05) is 48.5 Å². The Kier molecular flexibility index (Phi) is 4.92. The molecule has 27 heavy (non-hydrogen) atoms. The van der Waals surface area contributed by atoms with Crippen LogP contribution in [-0.4, -0.2) is 30.8 Å². The van der Waals surface area contributed by atoms with E-state index in [0.717, 1.165) is 5.56 Å². The molecule has 2 aromatic carbocycles. The highest BCUT2D eigenvalue weighted by Gasteiger charge is 2.33. The van der Waals surface area contributed by atoms with Crippen LogP contribution in [0.4, 0.5) is 0 Å². The van der Waals surface area contributed by atoms with Crippen molar-refractivity contribution in [2.45, 2.75) is 20.1 Å². The predicted octanol–water partition coefficient (Wildman–Crippen LogP) is 3.31. The van der Waals surface area contributed by atoms with Gasteiger partial charge in [-0.2, -0.15) is 0 Å². The zero-order valence-corrected chi connectivity index (χ0v) is 15.2. The number of nitrogens with one attached hydrogen (secondary N) is 1. The van der Waals surface area contributed by atoms with Crippen molar-refractivity contribution in [3.05, 3.63) is 65.5 Å². The number of ether oxygens (including phenoxy) is 2. The van der Waals surface area contributed by atoms with E-state index in [1.54, 1.807) is 6.07 Å². The minimum atomic E-state index is -0.243. The van der Waals surface area contributed by atoms with Crippen molar-refractivity contribution in [2.24, 2.45) is 5.41 Å². The Morgan fingerprint density at radius 2 is 1.96 bits per heavy atom. The minimum absolute atomic E-state index is 0.0190. The second-order valence-electron chi connectivity index (χ2n) is 7.34. The fraction of sp³-hybridized carbons (Fsp3) is 0.333. The van der Waals surface area contributed by atoms with Crippen molar-refractivity contribution in [3.8, 4) is 0 Å². The summed E-state index contributed by atoms with van der Waals surface area (Å²) in [6, 6.07) is 16.1. The lowest BCUT2D eigenvalue weighted by Crippen LogP contribution is -2.48. The Balaban J connectivity index is 1.28. The second kappa shape index (κ2) is 7.50. The molecule has 4 rings (SSSR count).